The second-order valence-corrected chi connectivity index (χ2v) is 9.33. The number of carbonyl (C=O) groups is 2. The summed E-state index contributed by atoms with van der Waals surface area (Å²) in [7, 11) is 0. The fraction of sp³-hybridized carbons (Fsp3) is 0.292. The number of benzene rings is 2. The first kappa shape index (κ1) is 24.6. The largest absolute Gasteiger partial charge is 0.481 e. The molecule has 3 aromatic rings. The van der Waals surface area contributed by atoms with Crippen molar-refractivity contribution in [2.45, 2.75) is 37.8 Å². The highest BCUT2D eigenvalue weighted by molar-refractivity contribution is 7.15. The van der Waals surface area contributed by atoms with Crippen molar-refractivity contribution in [3.8, 4) is 10.4 Å². The minimum absolute atomic E-state index is 0.231. The zero-order valence-electron chi connectivity index (χ0n) is 18.2. The number of nitrogens with one attached hydrogen (secondary N) is 2. The zero-order valence-corrected chi connectivity index (χ0v) is 19.0. The molecule has 11 heteroatoms. The van der Waals surface area contributed by atoms with E-state index in [1.165, 1.54) is 11.3 Å². The number of nitrogens with zero attached hydrogens (tertiary/aromatic N) is 1. The summed E-state index contributed by atoms with van der Waals surface area (Å²) in [6.45, 7) is 0. The second-order valence-electron chi connectivity index (χ2n) is 8.27. The third-order valence-electron chi connectivity index (χ3n) is 5.93. The normalized spacial score (nSPS) is 18.2. The number of carbonyl (C=O) groups excluding carboxylic acids is 1. The van der Waals surface area contributed by atoms with Crippen LogP contribution in [0.2, 0.25) is 0 Å². The molecule has 1 heterocycles. The number of aromatic nitrogens is 1. The zero-order chi connectivity index (χ0) is 25.2. The van der Waals surface area contributed by atoms with E-state index in [4.69, 9.17) is 5.11 Å². The van der Waals surface area contributed by atoms with E-state index in [1.807, 2.05) is 5.32 Å². The van der Waals surface area contributed by atoms with Gasteiger partial charge >= 0.3 is 18.2 Å². The van der Waals surface area contributed by atoms with Gasteiger partial charge in [-0.1, -0.05) is 18.2 Å². The third-order valence-corrected chi connectivity index (χ3v) is 7.14. The van der Waals surface area contributed by atoms with Crippen LogP contribution < -0.4 is 10.6 Å². The summed E-state index contributed by atoms with van der Waals surface area (Å²) in [4.78, 5) is 28.8. The van der Waals surface area contributed by atoms with Crippen molar-refractivity contribution >= 4 is 34.7 Å². The highest BCUT2D eigenvalue weighted by Crippen LogP contribution is 2.40. The van der Waals surface area contributed by atoms with Crippen LogP contribution >= 0.6 is 11.3 Å². The van der Waals surface area contributed by atoms with Crippen molar-refractivity contribution in [2.24, 2.45) is 5.92 Å². The molecule has 0 bridgehead atoms. The first-order valence-electron chi connectivity index (χ1n) is 10.8. The fourth-order valence-corrected chi connectivity index (χ4v) is 5.17. The number of halogens is 4. The van der Waals surface area contributed by atoms with Gasteiger partial charge in [-0.15, -0.1) is 11.3 Å². The Hall–Kier alpha value is -3.47. The molecule has 1 fully saturated rings. The number of rotatable bonds is 5. The van der Waals surface area contributed by atoms with Crippen LogP contribution in [0.1, 0.15) is 42.2 Å². The Labute approximate surface area is 202 Å². The molecule has 0 atom stereocenters. The van der Waals surface area contributed by atoms with Crippen LogP contribution in [0.25, 0.3) is 10.4 Å². The van der Waals surface area contributed by atoms with Gasteiger partial charge in [0, 0.05) is 17.8 Å². The lowest BCUT2D eigenvalue weighted by Gasteiger charge is -2.24. The summed E-state index contributed by atoms with van der Waals surface area (Å²) >= 11 is 1.52. The minimum atomic E-state index is -4.82. The Morgan fingerprint density at radius 1 is 1.00 bits per heavy atom. The Morgan fingerprint density at radius 3 is 2.31 bits per heavy atom. The summed E-state index contributed by atoms with van der Waals surface area (Å²) in [6, 6.07) is 8.07. The Bertz CT molecular complexity index is 1220. The lowest BCUT2D eigenvalue weighted by atomic mass is 9.82. The SMILES string of the molecule is O=C(Nc1ccc(-c2cnc(C3CCC(C(=O)O)CC3)s2)cc1)Nc1c(F)cccc1C(F)(F)F. The highest BCUT2D eigenvalue weighted by atomic mass is 32.1. The summed E-state index contributed by atoms with van der Waals surface area (Å²) in [5, 5.41) is 14.4. The molecule has 0 spiro atoms. The van der Waals surface area contributed by atoms with E-state index in [-0.39, 0.29) is 11.8 Å². The van der Waals surface area contributed by atoms with Crippen LogP contribution in [0.3, 0.4) is 0 Å². The molecule has 184 valence electrons. The molecule has 0 radical (unpaired) electrons. The quantitative estimate of drug-likeness (QED) is 0.325. The molecule has 0 unspecified atom stereocenters. The van der Waals surface area contributed by atoms with Crippen LogP contribution in [-0.4, -0.2) is 22.1 Å². The summed E-state index contributed by atoms with van der Waals surface area (Å²) < 4.78 is 53.3. The predicted molar refractivity (Wildman–Crippen MR) is 124 cm³/mol. The van der Waals surface area contributed by atoms with E-state index in [9.17, 15) is 27.2 Å². The van der Waals surface area contributed by atoms with Gasteiger partial charge in [-0.05, 0) is 55.5 Å². The van der Waals surface area contributed by atoms with Gasteiger partial charge in [0.2, 0.25) is 0 Å². The predicted octanol–water partition coefficient (Wildman–Crippen LogP) is 6.97. The molecule has 1 saturated carbocycles. The number of para-hydroxylation sites is 1. The number of urea groups is 1. The summed E-state index contributed by atoms with van der Waals surface area (Å²) in [5.41, 5.74) is -1.07. The van der Waals surface area contributed by atoms with Crippen LogP contribution in [-0.2, 0) is 11.0 Å². The van der Waals surface area contributed by atoms with Gasteiger partial charge in [0.1, 0.15) is 5.82 Å². The Balaban J connectivity index is 1.39. The number of hydrogen-bond donors (Lipinski definition) is 3. The van der Waals surface area contributed by atoms with E-state index in [1.54, 1.807) is 30.5 Å². The van der Waals surface area contributed by atoms with Crippen LogP contribution in [0, 0.1) is 11.7 Å². The topological polar surface area (TPSA) is 91.3 Å². The first-order chi connectivity index (χ1) is 16.6. The van der Waals surface area contributed by atoms with E-state index in [0.29, 0.717) is 24.6 Å². The lowest BCUT2D eigenvalue weighted by molar-refractivity contribution is -0.143. The van der Waals surface area contributed by atoms with Gasteiger partial charge in [-0.3, -0.25) is 4.79 Å². The van der Waals surface area contributed by atoms with E-state index in [0.717, 1.165) is 40.4 Å². The lowest BCUT2D eigenvalue weighted by Crippen LogP contribution is -2.22. The Morgan fingerprint density at radius 2 is 1.69 bits per heavy atom. The van der Waals surface area contributed by atoms with Crippen molar-refractivity contribution in [2.75, 3.05) is 10.6 Å². The number of thiazole rings is 1. The number of carboxylic acid groups (broad SMARTS) is 1. The smallest absolute Gasteiger partial charge is 0.418 e. The molecule has 1 aliphatic rings. The standard InChI is InChI=1S/C24H21F4N3O3S/c25-18-3-1-2-17(24(26,27)28)20(18)31-23(34)30-16-10-8-13(9-11-16)19-12-29-21(35-19)14-4-6-15(7-5-14)22(32)33/h1-3,8-12,14-15H,4-7H2,(H,32,33)(H2,30,31,34). The highest BCUT2D eigenvalue weighted by Gasteiger charge is 2.35. The molecule has 1 aromatic heterocycles. The summed E-state index contributed by atoms with van der Waals surface area (Å²) in [6.07, 6.45) is -0.256. The molecule has 2 aromatic carbocycles. The van der Waals surface area contributed by atoms with Crippen molar-refractivity contribution in [1.82, 2.24) is 4.98 Å². The first-order valence-corrected chi connectivity index (χ1v) is 11.7. The molecular formula is C24H21F4N3O3S. The monoisotopic (exact) mass is 507 g/mol. The number of aliphatic carboxylic acids is 1. The van der Waals surface area contributed by atoms with Crippen LogP contribution in [0.4, 0.5) is 33.7 Å². The average Bonchev–Trinajstić information content (AvgIpc) is 3.30. The summed E-state index contributed by atoms with van der Waals surface area (Å²) in [5.74, 6) is -2.00. The van der Waals surface area contributed by atoms with Gasteiger partial charge in [-0.2, -0.15) is 13.2 Å². The molecule has 2 amide bonds. The number of alkyl halides is 3. The van der Waals surface area contributed by atoms with Crippen molar-refractivity contribution < 1.29 is 32.3 Å². The second kappa shape index (κ2) is 10.0. The maximum absolute atomic E-state index is 13.9. The number of carboxylic acids is 1. The van der Waals surface area contributed by atoms with E-state index in [2.05, 4.69) is 10.3 Å². The van der Waals surface area contributed by atoms with Gasteiger partial charge < -0.3 is 15.7 Å². The number of hydrogen-bond acceptors (Lipinski definition) is 4. The maximum Gasteiger partial charge on any atom is 0.418 e. The molecule has 0 saturated heterocycles. The van der Waals surface area contributed by atoms with Crippen molar-refractivity contribution in [1.29, 1.82) is 0 Å². The number of amides is 2. The average molecular weight is 508 g/mol. The molecule has 35 heavy (non-hydrogen) atoms. The third kappa shape index (κ3) is 5.79. The molecular weight excluding hydrogens is 486 g/mol. The van der Waals surface area contributed by atoms with Gasteiger partial charge in [-0.25, -0.2) is 14.2 Å². The maximum atomic E-state index is 13.9. The van der Waals surface area contributed by atoms with Gasteiger partial charge in [0.25, 0.3) is 0 Å². The molecule has 4 rings (SSSR count). The van der Waals surface area contributed by atoms with Gasteiger partial charge in [0.05, 0.1) is 27.1 Å². The minimum Gasteiger partial charge on any atom is -0.481 e. The van der Waals surface area contributed by atoms with Crippen LogP contribution in [0.5, 0.6) is 0 Å². The fourth-order valence-electron chi connectivity index (χ4n) is 4.08. The molecule has 1 aliphatic carbocycles. The van der Waals surface area contributed by atoms with Crippen molar-refractivity contribution in [3.63, 3.8) is 0 Å². The molecule has 6 nitrogen and oxygen atoms in total. The van der Waals surface area contributed by atoms with Gasteiger partial charge in [0.15, 0.2) is 0 Å². The van der Waals surface area contributed by atoms with Crippen LogP contribution in [0.15, 0.2) is 48.7 Å². The number of anilines is 2. The Kier molecular flexibility index (Phi) is 7.06. The van der Waals surface area contributed by atoms with E-state index >= 15 is 0 Å². The molecule has 3 N–H and O–H groups in total. The molecule has 0 aliphatic heterocycles. The van der Waals surface area contributed by atoms with Crippen molar-refractivity contribution in [3.05, 3.63) is 65.0 Å². The van der Waals surface area contributed by atoms with E-state index < -0.39 is 35.2 Å².